The van der Waals surface area contributed by atoms with Crippen LogP contribution in [0.25, 0.3) is 0 Å². The first-order valence-corrected chi connectivity index (χ1v) is 6.66. The Labute approximate surface area is 122 Å². The van der Waals surface area contributed by atoms with E-state index >= 15 is 0 Å². The number of hydrogen-bond donors (Lipinski definition) is 2. The quantitative estimate of drug-likeness (QED) is 0.893. The van der Waals surface area contributed by atoms with Crippen LogP contribution in [0.15, 0.2) is 18.2 Å². The van der Waals surface area contributed by atoms with Gasteiger partial charge in [0.25, 0.3) is 0 Å². The Morgan fingerprint density at radius 2 is 1.76 bits per heavy atom. The smallest absolute Gasteiger partial charge is 0.374 e. The maximum Gasteiger partial charge on any atom is 0.416 e. The van der Waals surface area contributed by atoms with Crippen LogP contribution in [0.4, 0.5) is 18.9 Å². The zero-order valence-corrected chi connectivity index (χ0v) is 12.9. The van der Waals surface area contributed by atoms with Gasteiger partial charge in [0.05, 0.1) is 5.56 Å². The van der Waals surface area contributed by atoms with Gasteiger partial charge in [0, 0.05) is 11.2 Å². The van der Waals surface area contributed by atoms with Crippen LogP contribution in [-0.2, 0) is 11.0 Å². The summed E-state index contributed by atoms with van der Waals surface area (Å²) in [6, 6.07) is 2.81. The summed E-state index contributed by atoms with van der Waals surface area (Å²) < 4.78 is 38.1. The molecule has 0 saturated carbocycles. The molecule has 6 heteroatoms. The molecule has 2 N–H and O–H groups in total. The van der Waals surface area contributed by atoms with Crippen LogP contribution in [0, 0.1) is 6.92 Å². The second-order valence-electron chi connectivity index (χ2n) is 6.13. The SMILES string of the molecule is Cc1ccc(C(F)(F)F)cc1NC(C)C(=O)NC(C)(C)C. The number of nitrogens with one attached hydrogen (secondary N) is 2. The lowest BCUT2D eigenvalue weighted by Crippen LogP contribution is -2.47. The molecule has 0 bridgehead atoms. The molecule has 1 aromatic carbocycles. The number of anilines is 1. The topological polar surface area (TPSA) is 41.1 Å². The van der Waals surface area contributed by atoms with Crippen LogP contribution < -0.4 is 10.6 Å². The second kappa shape index (κ2) is 5.95. The van der Waals surface area contributed by atoms with Gasteiger partial charge in [0.15, 0.2) is 0 Å². The van der Waals surface area contributed by atoms with E-state index in [1.165, 1.54) is 6.07 Å². The summed E-state index contributed by atoms with van der Waals surface area (Å²) in [6.45, 7) is 8.82. The minimum atomic E-state index is -4.40. The first-order valence-electron chi connectivity index (χ1n) is 6.66. The van der Waals surface area contributed by atoms with Gasteiger partial charge >= 0.3 is 6.18 Å². The number of carbonyl (C=O) groups is 1. The molecule has 1 aromatic rings. The zero-order chi connectivity index (χ0) is 16.4. The lowest BCUT2D eigenvalue weighted by atomic mass is 10.1. The summed E-state index contributed by atoms with van der Waals surface area (Å²) in [4.78, 5) is 12.0. The van der Waals surface area contributed by atoms with Crippen LogP contribution in [0.3, 0.4) is 0 Å². The van der Waals surface area contributed by atoms with Crippen molar-refractivity contribution >= 4 is 11.6 Å². The number of hydrogen-bond acceptors (Lipinski definition) is 2. The maximum atomic E-state index is 12.7. The molecule has 0 fully saturated rings. The molecule has 0 radical (unpaired) electrons. The average molecular weight is 302 g/mol. The van der Waals surface area contributed by atoms with Gasteiger partial charge in [-0.25, -0.2) is 0 Å². The lowest BCUT2D eigenvalue weighted by Gasteiger charge is -2.24. The first kappa shape index (κ1) is 17.3. The molecule has 118 valence electrons. The summed E-state index contributed by atoms with van der Waals surface area (Å²) >= 11 is 0. The third-order valence-electron chi connectivity index (χ3n) is 2.83. The van der Waals surface area contributed by atoms with Crippen LogP contribution in [-0.4, -0.2) is 17.5 Å². The van der Waals surface area contributed by atoms with Crippen molar-refractivity contribution in [3.05, 3.63) is 29.3 Å². The van der Waals surface area contributed by atoms with Crippen LogP contribution in [0.1, 0.15) is 38.8 Å². The molecule has 21 heavy (non-hydrogen) atoms. The molecule has 1 unspecified atom stereocenters. The molecule has 0 aliphatic rings. The second-order valence-corrected chi connectivity index (χ2v) is 6.13. The minimum absolute atomic E-state index is 0.265. The molecular formula is C15H21F3N2O. The molecule has 3 nitrogen and oxygen atoms in total. The number of amides is 1. The number of alkyl halides is 3. The van der Waals surface area contributed by atoms with Crippen molar-refractivity contribution < 1.29 is 18.0 Å². The monoisotopic (exact) mass is 302 g/mol. The predicted octanol–water partition coefficient (Wildman–Crippen LogP) is 3.73. The molecule has 0 aliphatic carbocycles. The maximum absolute atomic E-state index is 12.7. The summed E-state index contributed by atoms with van der Waals surface area (Å²) in [7, 11) is 0. The van der Waals surface area contributed by atoms with E-state index in [1.807, 2.05) is 20.8 Å². The van der Waals surface area contributed by atoms with Crippen molar-refractivity contribution in [2.75, 3.05) is 5.32 Å². The Bertz CT molecular complexity index is 519. The molecule has 1 amide bonds. The standard InChI is InChI=1S/C15H21F3N2O/c1-9-6-7-11(15(16,17)18)8-12(9)19-10(2)13(21)20-14(3,4)5/h6-8,10,19H,1-5H3,(H,20,21). The van der Waals surface area contributed by atoms with Crippen molar-refractivity contribution in [3.63, 3.8) is 0 Å². The number of carbonyl (C=O) groups excluding carboxylic acids is 1. The van der Waals surface area contributed by atoms with Crippen molar-refractivity contribution in [2.24, 2.45) is 0 Å². The van der Waals surface area contributed by atoms with E-state index in [1.54, 1.807) is 13.8 Å². The van der Waals surface area contributed by atoms with Gasteiger partial charge in [-0.3, -0.25) is 4.79 Å². The highest BCUT2D eigenvalue weighted by molar-refractivity contribution is 5.85. The molecule has 0 spiro atoms. The Hall–Kier alpha value is -1.72. The van der Waals surface area contributed by atoms with Crippen LogP contribution in [0.5, 0.6) is 0 Å². The lowest BCUT2D eigenvalue weighted by molar-refractivity contribution is -0.137. The average Bonchev–Trinajstić information content (AvgIpc) is 2.28. The molecule has 0 aliphatic heterocycles. The van der Waals surface area contributed by atoms with Crippen molar-refractivity contribution in [1.29, 1.82) is 0 Å². The van der Waals surface area contributed by atoms with Crippen molar-refractivity contribution in [3.8, 4) is 0 Å². The minimum Gasteiger partial charge on any atom is -0.374 e. The van der Waals surface area contributed by atoms with Gasteiger partial charge in [-0.1, -0.05) is 6.07 Å². The Morgan fingerprint density at radius 3 is 2.24 bits per heavy atom. The van der Waals surface area contributed by atoms with Gasteiger partial charge in [0.2, 0.25) is 5.91 Å². The normalized spacial score (nSPS) is 13.7. The molecule has 0 heterocycles. The zero-order valence-electron chi connectivity index (χ0n) is 12.9. The molecule has 1 rings (SSSR count). The van der Waals surface area contributed by atoms with Gasteiger partial charge in [-0.05, 0) is 52.3 Å². The highest BCUT2D eigenvalue weighted by atomic mass is 19.4. The van der Waals surface area contributed by atoms with Crippen molar-refractivity contribution in [2.45, 2.75) is 52.4 Å². The van der Waals surface area contributed by atoms with E-state index in [2.05, 4.69) is 10.6 Å². The van der Waals surface area contributed by atoms with Gasteiger partial charge in [-0.15, -0.1) is 0 Å². The highest BCUT2D eigenvalue weighted by Crippen LogP contribution is 2.32. The van der Waals surface area contributed by atoms with Crippen LogP contribution >= 0.6 is 0 Å². The van der Waals surface area contributed by atoms with E-state index < -0.39 is 23.3 Å². The molecule has 1 atom stereocenters. The predicted molar refractivity (Wildman–Crippen MR) is 77.2 cm³/mol. The Morgan fingerprint density at radius 1 is 1.19 bits per heavy atom. The van der Waals surface area contributed by atoms with E-state index in [4.69, 9.17) is 0 Å². The number of aryl methyl sites for hydroxylation is 1. The number of rotatable bonds is 3. The number of halogens is 3. The van der Waals surface area contributed by atoms with E-state index in [9.17, 15) is 18.0 Å². The van der Waals surface area contributed by atoms with Gasteiger partial charge < -0.3 is 10.6 Å². The summed E-state index contributed by atoms with van der Waals surface area (Å²) in [5.41, 5.74) is -0.172. The molecule has 0 aromatic heterocycles. The molecular weight excluding hydrogens is 281 g/mol. The third-order valence-corrected chi connectivity index (χ3v) is 2.83. The van der Waals surface area contributed by atoms with Gasteiger partial charge in [-0.2, -0.15) is 13.2 Å². The largest absolute Gasteiger partial charge is 0.416 e. The van der Waals surface area contributed by atoms with Crippen LogP contribution in [0.2, 0.25) is 0 Å². The highest BCUT2D eigenvalue weighted by Gasteiger charge is 2.31. The summed E-state index contributed by atoms with van der Waals surface area (Å²) in [6.07, 6.45) is -4.40. The van der Waals surface area contributed by atoms with E-state index in [-0.39, 0.29) is 5.91 Å². The molecule has 0 saturated heterocycles. The van der Waals surface area contributed by atoms with E-state index in [0.717, 1.165) is 12.1 Å². The van der Waals surface area contributed by atoms with Crippen molar-refractivity contribution in [1.82, 2.24) is 5.32 Å². The summed E-state index contributed by atoms with van der Waals surface area (Å²) in [5.74, 6) is -0.265. The van der Waals surface area contributed by atoms with E-state index in [0.29, 0.717) is 11.3 Å². The fourth-order valence-corrected chi connectivity index (χ4v) is 1.73. The summed E-state index contributed by atoms with van der Waals surface area (Å²) in [5, 5.41) is 5.61. The first-order chi connectivity index (χ1) is 9.40. The Kier molecular flexibility index (Phi) is 4.91. The number of benzene rings is 1. The fourth-order valence-electron chi connectivity index (χ4n) is 1.73. The Balaban J connectivity index is 2.90. The van der Waals surface area contributed by atoms with Gasteiger partial charge in [0.1, 0.15) is 6.04 Å². The third kappa shape index (κ3) is 5.28. The fraction of sp³-hybridized carbons (Fsp3) is 0.533.